The molecule has 1 aromatic heterocycles. The molecule has 7 nitrogen and oxygen atoms in total. The minimum Gasteiger partial charge on any atom is -0.338 e. The molecule has 0 aliphatic heterocycles. The van der Waals surface area contributed by atoms with E-state index < -0.39 is 10.8 Å². The van der Waals surface area contributed by atoms with Crippen molar-refractivity contribution in [2.75, 3.05) is 18.1 Å². The number of hydrogen-bond acceptors (Lipinski definition) is 6. The molecular formula is C18H21N5O2S. The standard InChI is InChI=1S/C18H21N5O2S/c1-26(25)14-6-4-13(5-7-14)21-18-15(17(24)10-20)11-23(22-18)16(8-9-19)12-2-3-12/h4-7,11-12,16H,2-3,8,10,20H2,1H3,(H,21,22). The largest absolute Gasteiger partial charge is 0.338 e. The summed E-state index contributed by atoms with van der Waals surface area (Å²) in [5.74, 6) is 0.646. The zero-order valence-corrected chi connectivity index (χ0v) is 15.3. The Morgan fingerprint density at radius 3 is 2.69 bits per heavy atom. The van der Waals surface area contributed by atoms with Crippen LogP contribution in [-0.2, 0) is 10.8 Å². The van der Waals surface area contributed by atoms with E-state index in [1.165, 1.54) is 0 Å². The summed E-state index contributed by atoms with van der Waals surface area (Å²) in [4.78, 5) is 12.9. The molecule has 1 fully saturated rings. The van der Waals surface area contributed by atoms with Gasteiger partial charge in [0.05, 0.1) is 30.6 Å². The van der Waals surface area contributed by atoms with E-state index in [1.54, 1.807) is 41.4 Å². The van der Waals surface area contributed by atoms with Crippen LogP contribution in [0.2, 0.25) is 0 Å². The Kier molecular flexibility index (Phi) is 5.49. The molecule has 2 aromatic rings. The van der Waals surface area contributed by atoms with Crippen LogP contribution in [0.5, 0.6) is 0 Å². The number of carbonyl (C=O) groups excluding carboxylic acids is 1. The van der Waals surface area contributed by atoms with Gasteiger partial charge in [-0.25, -0.2) is 0 Å². The lowest BCUT2D eigenvalue weighted by Crippen LogP contribution is -2.14. The highest BCUT2D eigenvalue weighted by Crippen LogP contribution is 2.41. The van der Waals surface area contributed by atoms with Crippen molar-refractivity contribution in [2.24, 2.45) is 11.7 Å². The van der Waals surface area contributed by atoms with Crippen molar-refractivity contribution in [3.8, 4) is 6.07 Å². The highest BCUT2D eigenvalue weighted by atomic mass is 32.2. The molecule has 0 amide bonds. The normalized spacial score (nSPS) is 15.9. The molecule has 1 aliphatic carbocycles. The molecule has 1 heterocycles. The first kappa shape index (κ1) is 18.3. The number of nitrogens with zero attached hydrogens (tertiary/aromatic N) is 3. The van der Waals surface area contributed by atoms with Gasteiger partial charge in [0.25, 0.3) is 0 Å². The summed E-state index contributed by atoms with van der Waals surface area (Å²) in [5, 5.41) is 16.8. The third-order valence-corrected chi connectivity index (χ3v) is 5.41. The molecule has 0 spiro atoms. The Bertz CT molecular complexity index is 865. The first-order valence-electron chi connectivity index (χ1n) is 8.43. The van der Waals surface area contributed by atoms with Crippen LogP contribution in [0.4, 0.5) is 11.5 Å². The lowest BCUT2D eigenvalue weighted by atomic mass is 10.1. The Balaban J connectivity index is 1.90. The highest BCUT2D eigenvalue weighted by Gasteiger charge is 2.34. The van der Waals surface area contributed by atoms with E-state index in [-0.39, 0.29) is 18.4 Å². The van der Waals surface area contributed by atoms with E-state index in [9.17, 15) is 9.00 Å². The fourth-order valence-corrected chi connectivity index (χ4v) is 3.40. The first-order chi connectivity index (χ1) is 12.5. The molecule has 0 saturated heterocycles. The number of nitrogens with two attached hydrogens (primary N) is 1. The van der Waals surface area contributed by atoms with Gasteiger partial charge in [0, 0.05) is 33.8 Å². The predicted octanol–water partition coefficient (Wildman–Crippen LogP) is 2.37. The molecule has 1 saturated carbocycles. The summed E-state index contributed by atoms with van der Waals surface area (Å²) in [7, 11) is -1.05. The van der Waals surface area contributed by atoms with Gasteiger partial charge in [0.15, 0.2) is 11.6 Å². The van der Waals surface area contributed by atoms with E-state index >= 15 is 0 Å². The average Bonchev–Trinajstić information content (AvgIpc) is 3.40. The van der Waals surface area contributed by atoms with Gasteiger partial charge in [-0.15, -0.1) is 0 Å². The van der Waals surface area contributed by atoms with Crippen LogP contribution in [0, 0.1) is 17.2 Å². The van der Waals surface area contributed by atoms with Gasteiger partial charge in [-0.3, -0.25) is 13.7 Å². The SMILES string of the molecule is CS(=O)c1ccc(Nc2nn(C(CC#N)C3CC3)cc2C(=O)CN)cc1. The lowest BCUT2D eigenvalue weighted by Gasteiger charge is -2.12. The molecular weight excluding hydrogens is 350 g/mol. The molecule has 8 heteroatoms. The van der Waals surface area contributed by atoms with Crippen molar-refractivity contribution in [3.05, 3.63) is 36.0 Å². The van der Waals surface area contributed by atoms with Crippen LogP contribution in [-0.4, -0.2) is 32.6 Å². The molecule has 3 N–H and O–H groups in total. The fraction of sp³-hybridized carbons (Fsp3) is 0.389. The van der Waals surface area contributed by atoms with Gasteiger partial charge in [-0.1, -0.05) is 0 Å². The van der Waals surface area contributed by atoms with Gasteiger partial charge in [0.1, 0.15) is 0 Å². The zero-order chi connectivity index (χ0) is 18.7. The lowest BCUT2D eigenvalue weighted by molar-refractivity contribution is 0.100. The fourth-order valence-electron chi connectivity index (χ4n) is 2.89. The van der Waals surface area contributed by atoms with Gasteiger partial charge < -0.3 is 11.1 Å². The molecule has 1 aromatic carbocycles. The smallest absolute Gasteiger partial charge is 0.181 e. The summed E-state index contributed by atoms with van der Waals surface area (Å²) >= 11 is 0. The van der Waals surface area contributed by atoms with Crippen LogP contribution in [0.15, 0.2) is 35.4 Å². The van der Waals surface area contributed by atoms with Crippen molar-refractivity contribution in [1.82, 2.24) is 9.78 Å². The number of hydrogen-bond donors (Lipinski definition) is 2. The minimum absolute atomic E-state index is 0.0234. The number of rotatable bonds is 8. The summed E-state index contributed by atoms with van der Waals surface area (Å²) in [5.41, 5.74) is 6.69. The monoisotopic (exact) mass is 371 g/mol. The predicted molar refractivity (Wildman–Crippen MR) is 99.7 cm³/mol. The third kappa shape index (κ3) is 4.00. The molecule has 2 unspecified atom stereocenters. The number of benzene rings is 1. The number of Topliss-reactive ketones (excluding diaryl/α,β-unsaturated/α-hetero) is 1. The second-order valence-corrected chi connectivity index (χ2v) is 7.75. The van der Waals surface area contributed by atoms with E-state index in [1.807, 2.05) is 0 Å². The Hall–Kier alpha value is -2.50. The van der Waals surface area contributed by atoms with E-state index in [2.05, 4.69) is 16.5 Å². The summed E-state index contributed by atoms with van der Waals surface area (Å²) in [6, 6.07) is 9.30. The Morgan fingerprint density at radius 1 is 1.46 bits per heavy atom. The number of anilines is 2. The van der Waals surface area contributed by atoms with E-state index in [0.29, 0.717) is 23.7 Å². The van der Waals surface area contributed by atoms with E-state index in [4.69, 9.17) is 11.0 Å². The molecule has 1 aliphatic rings. The van der Waals surface area contributed by atoms with Gasteiger partial charge in [-0.05, 0) is 43.0 Å². The van der Waals surface area contributed by atoms with Crippen LogP contribution in [0.3, 0.4) is 0 Å². The maximum Gasteiger partial charge on any atom is 0.181 e. The summed E-state index contributed by atoms with van der Waals surface area (Å²) in [6.07, 6.45) is 5.82. The zero-order valence-electron chi connectivity index (χ0n) is 14.5. The third-order valence-electron chi connectivity index (χ3n) is 4.47. The van der Waals surface area contributed by atoms with Crippen LogP contribution < -0.4 is 11.1 Å². The number of ketones is 1. The van der Waals surface area contributed by atoms with Crippen LogP contribution >= 0.6 is 0 Å². The number of nitriles is 1. The van der Waals surface area contributed by atoms with Crippen molar-refractivity contribution < 1.29 is 9.00 Å². The quantitative estimate of drug-likeness (QED) is 0.689. The second kappa shape index (κ2) is 7.81. The Morgan fingerprint density at radius 2 is 2.15 bits per heavy atom. The summed E-state index contributed by atoms with van der Waals surface area (Å²) in [6.45, 7) is -0.111. The second-order valence-electron chi connectivity index (χ2n) is 6.37. The van der Waals surface area contributed by atoms with E-state index in [0.717, 1.165) is 23.4 Å². The maximum absolute atomic E-state index is 12.2. The molecule has 3 rings (SSSR count). The van der Waals surface area contributed by atoms with Gasteiger partial charge in [0.2, 0.25) is 0 Å². The van der Waals surface area contributed by atoms with Crippen molar-refractivity contribution in [2.45, 2.75) is 30.2 Å². The topological polar surface area (TPSA) is 114 Å². The molecule has 0 radical (unpaired) electrons. The highest BCUT2D eigenvalue weighted by molar-refractivity contribution is 7.84. The number of carbonyl (C=O) groups is 1. The minimum atomic E-state index is -1.05. The number of aromatic nitrogens is 2. The van der Waals surface area contributed by atoms with Crippen molar-refractivity contribution in [3.63, 3.8) is 0 Å². The first-order valence-corrected chi connectivity index (χ1v) is 9.99. The Labute approximate surface area is 154 Å². The molecule has 136 valence electrons. The average molecular weight is 371 g/mol. The molecule has 0 bridgehead atoms. The van der Waals surface area contributed by atoms with Gasteiger partial charge >= 0.3 is 0 Å². The van der Waals surface area contributed by atoms with Crippen molar-refractivity contribution in [1.29, 1.82) is 5.26 Å². The van der Waals surface area contributed by atoms with Crippen molar-refractivity contribution >= 4 is 28.1 Å². The maximum atomic E-state index is 12.2. The molecule has 2 atom stereocenters. The number of nitrogens with one attached hydrogen (secondary N) is 1. The van der Waals surface area contributed by atoms with Gasteiger partial charge in [-0.2, -0.15) is 10.4 Å². The van der Waals surface area contributed by atoms with Crippen LogP contribution in [0.1, 0.15) is 35.7 Å². The summed E-state index contributed by atoms with van der Waals surface area (Å²) < 4.78 is 13.2. The molecule has 26 heavy (non-hydrogen) atoms. The van der Waals surface area contributed by atoms with Crippen LogP contribution in [0.25, 0.3) is 0 Å².